The summed E-state index contributed by atoms with van der Waals surface area (Å²) in [4.78, 5) is 12.8. The smallest absolute Gasteiger partial charge is 0.419 e. The minimum Gasteiger partial charge on any atom is -0.771 e. The van der Waals surface area contributed by atoms with Gasteiger partial charge in [0.1, 0.15) is 5.82 Å². The van der Waals surface area contributed by atoms with Gasteiger partial charge in [-0.15, -0.1) is 0 Å². The lowest BCUT2D eigenvalue weighted by Crippen LogP contribution is -2.30. The van der Waals surface area contributed by atoms with Crippen molar-refractivity contribution in [3.63, 3.8) is 0 Å². The van der Waals surface area contributed by atoms with Crippen molar-refractivity contribution in [2.75, 3.05) is 11.2 Å². The van der Waals surface area contributed by atoms with E-state index in [9.17, 15) is 31.1 Å². The van der Waals surface area contributed by atoms with Gasteiger partial charge in [-0.25, -0.2) is 4.39 Å². The highest BCUT2D eigenvalue weighted by atomic mass is 32.2. The number of hydrogen-bond acceptors (Lipinski definition) is 4. The third-order valence-electron chi connectivity index (χ3n) is 5.98. The molecule has 2 aromatic carbocycles. The molecule has 10 heteroatoms. The third-order valence-corrected chi connectivity index (χ3v) is 6.36. The minimum atomic E-state index is -4.77. The highest BCUT2D eigenvalue weighted by Gasteiger charge is 2.56. The molecular weight excluding hydrogens is 448 g/mol. The van der Waals surface area contributed by atoms with Gasteiger partial charge in [-0.05, 0) is 66.2 Å². The zero-order chi connectivity index (χ0) is 23.8. The highest BCUT2D eigenvalue weighted by Crippen LogP contribution is 2.54. The fraction of sp³-hybridized carbons (Fsp3) is 0.409. The maximum absolute atomic E-state index is 14.0. The molecule has 3 rings (SSSR count). The van der Waals surface area contributed by atoms with E-state index >= 15 is 0 Å². The molecule has 1 aliphatic carbocycles. The zero-order valence-electron chi connectivity index (χ0n) is 17.7. The second-order valence-corrected chi connectivity index (χ2v) is 9.19. The average Bonchev–Trinajstić information content (AvgIpc) is 3.39. The Hall–Kier alpha value is -2.46. The van der Waals surface area contributed by atoms with Crippen molar-refractivity contribution in [3.05, 3.63) is 64.5 Å². The van der Waals surface area contributed by atoms with E-state index in [-0.39, 0.29) is 17.8 Å². The Morgan fingerprint density at radius 1 is 1.28 bits per heavy atom. The van der Waals surface area contributed by atoms with Crippen LogP contribution in [0.25, 0.3) is 0 Å². The molecule has 0 heterocycles. The van der Waals surface area contributed by atoms with Gasteiger partial charge < -0.3 is 15.2 Å². The predicted octanol–water partition coefficient (Wildman–Crippen LogP) is 4.56. The Balaban J connectivity index is 1.66. The summed E-state index contributed by atoms with van der Waals surface area (Å²) >= 11 is -2.22. The largest absolute Gasteiger partial charge is 0.771 e. The van der Waals surface area contributed by atoms with Gasteiger partial charge in [-0.3, -0.25) is 9.00 Å². The predicted molar refractivity (Wildman–Crippen MR) is 112 cm³/mol. The first-order valence-electron chi connectivity index (χ1n) is 9.91. The van der Waals surface area contributed by atoms with Gasteiger partial charge in [0, 0.05) is 17.0 Å². The van der Waals surface area contributed by atoms with Crippen LogP contribution in [0.5, 0.6) is 0 Å². The second-order valence-electron chi connectivity index (χ2n) is 8.30. The van der Waals surface area contributed by atoms with Gasteiger partial charge in [0.25, 0.3) is 0 Å². The van der Waals surface area contributed by atoms with Gasteiger partial charge in [0.05, 0.1) is 17.5 Å². The van der Waals surface area contributed by atoms with Crippen LogP contribution in [0.2, 0.25) is 0 Å². The van der Waals surface area contributed by atoms with E-state index in [2.05, 4.69) is 10.6 Å². The molecule has 4 atom stereocenters. The quantitative estimate of drug-likeness (QED) is 0.458. The molecule has 1 amide bonds. The molecule has 0 aromatic heterocycles. The van der Waals surface area contributed by atoms with Gasteiger partial charge in [-0.1, -0.05) is 25.1 Å². The number of alkyl halides is 3. The van der Waals surface area contributed by atoms with E-state index in [1.54, 1.807) is 26.0 Å². The standard InChI is InChI=1S/C22H24F4N2O3S/c1-12-8-14(4-7-19(12)27-11-32(30)31)13(2)28-20(29)17-10-21(17,3)15-5-6-16(18(23)9-15)22(24,25)26/h4-9,13,17,27H,10-11H2,1-3H3,(H,28,29)(H,30,31)/p-1/t13-,17?,21?/m1/s1. The summed E-state index contributed by atoms with van der Waals surface area (Å²) in [6, 6.07) is 7.79. The van der Waals surface area contributed by atoms with Crippen molar-refractivity contribution in [2.24, 2.45) is 5.92 Å². The van der Waals surface area contributed by atoms with Gasteiger partial charge >= 0.3 is 6.18 Å². The summed E-state index contributed by atoms with van der Waals surface area (Å²) in [5.74, 6) is -2.30. The number of rotatable bonds is 7. The fourth-order valence-corrected chi connectivity index (χ4v) is 4.13. The molecule has 2 N–H and O–H groups in total. The van der Waals surface area contributed by atoms with Crippen LogP contribution in [0.15, 0.2) is 36.4 Å². The maximum Gasteiger partial charge on any atom is 0.419 e. The molecule has 1 fully saturated rings. The summed E-state index contributed by atoms with van der Waals surface area (Å²) in [5.41, 5.74) is 0.591. The van der Waals surface area contributed by atoms with Gasteiger partial charge in [0.2, 0.25) is 5.91 Å². The summed E-state index contributed by atoms with van der Waals surface area (Å²) in [7, 11) is 0. The van der Waals surface area contributed by atoms with Gasteiger partial charge in [-0.2, -0.15) is 13.2 Å². The molecule has 3 unspecified atom stereocenters. The maximum atomic E-state index is 14.0. The normalized spacial score (nSPS) is 22.2. The van der Waals surface area contributed by atoms with E-state index < -0.39 is 40.0 Å². The molecule has 2 aromatic rings. The number of hydrogen-bond donors (Lipinski definition) is 2. The van der Waals surface area contributed by atoms with Gasteiger partial charge in [0.15, 0.2) is 0 Å². The van der Waals surface area contributed by atoms with Crippen LogP contribution < -0.4 is 10.6 Å². The van der Waals surface area contributed by atoms with E-state index in [4.69, 9.17) is 0 Å². The first-order valence-corrected chi connectivity index (χ1v) is 11.1. The number of amides is 1. The fourth-order valence-electron chi connectivity index (χ4n) is 3.85. The van der Waals surface area contributed by atoms with E-state index in [1.165, 1.54) is 6.07 Å². The summed E-state index contributed by atoms with van der Waals surface area (Å²) in [6.45, 7) is 5.34. The van der Waals surface area contributed by atoms with Crippen LogP contribution >= 0.6 is 0 Å². The molecular formula is C22H23F4N2O3S-. The number of carbonyl (C=O) groups is 1. The Labute approximate surface area is 185 Å². The van der Waals surface area contributed by atoms with Crippen LogP contribution in [0.4, 0.5) is 23.2 Å². The third kappa shape index (κ3) is 5.12. The number of halogens is 4. The SMILES string of the molecule is Cc1cc([C@@H](C)NC(=O)C2CC2(C)c2ccc(C(F)(F)F)c(F)c2)ccc1NCS(=O)[O-]. The number of anilines is 1. The monoisotopic (exact) mass is 471 g/mol. The molecule has 5 nitrogen and oxygen atoms in total. The van der Waals surface area contributed by atoms with Crippen molar-refractivity contribution < 1.29 is 31.1 Å². The lowest BCUT2D eigenvalue weighted by Gasteiger charge is -2.19. The summed E-state index contributed by atoms with van der Waals surface area (Å²) in [6.07, 6.45) is -4.36. The Morgan fingerprint density at radius 2 is 1.97 bits per heavy atom. The molecule has 0 radical (unpaired) electrons. The molecule has 174 valence electrons. The van der Waals surface area contributed by atoms with Crippen molar-refractivity contribution in [1.29, 1.82) is 0 Å². The molecule has 32 heavy (non-hydrogen) atoms. The molecule has 0 aliphatic heterocycles. The van der Waals surface area contributed by atoms with E-state index in [1.807, 2.05) is 13.0 Å². The number of carbonyl (C=O) groups excluding carboxylic acids is 1. The van der Waals surface area contributed by atoms with Crippen molar-refractivity contribution in [1.82, 2.24) is 5.32 Å². The van der Waals surface area contributed by atoms with Crippen LogP contribution in [-0.4, -0.2) is 20.5 Å². The molecule has 1 saturated carbocycles. The Bertz CT molecular complexity index is 1060. The Kier molecular flexibility index (Phi) is 6.67. The van der Waals surface area contributed by atoms with E-state index in [0.717, 1.165) is 17.2 Å². The number of aryl methyl sites for hydroxylation is 1. The lowest BCUT2D eigenvalue weighted by atomic mass is 9.93. The molecule has 0 bridgehead atoms. The van der Waals surface area contributed by atoms with Crippen molar-refractivity contribution in [3.8, 4) is 0 Å². The number of benzene rings is 2. The highest BCUT2D eigenvalue weighted by molar-refractivity contribution is 7.79. The van der Waals surface area contributed by atoms with Crippen LogP contribution in [-0.2, 0) is 27.5 Å². The first kappa shape index (κ1) is 24.2. The lowest BCUT2D eigenvalue weighted by molar-refractivity contribution is -0.140. The van der Waals surface area contributed by atoms with Crippen molar-refractivity contribution >= 4 is 22.7 Å². The Morgan fingerprint density at radius 3 is 2.53 bits per heavy atom. The number of nitrogens with one attached hydrogen (secondary N) is 2. The minimum absolute atomic E-state index is 0.211. The topological polar surface area (TPSA) is 81.3 Å². The van der Waals surface area contributed by atoms with Crippen molar-refractivity contribution in [2.45, 2.75) is 44.8 Å². The summed E-state index contributed by atoms with van der Waals surface area (Å²) in [5, 5.41) is 5.69. The molecule has 1 aliphatic rings. The average molecular weight is 471 g/mol. The summed E-state index contributed by atoms with van der Waals surface area (Å²) < 4.78 is 73.8. The molecule has 0 saturated heterocycles. The van der Waals surface area contributed by atoms with Crippen LogP contribution in [0, 0.1) is 18.7 Å². The second kappa shape index (κ2) is 8.82. The zero-order valence-corrected chi connectivity index (χ0v) is 18.5. The van der Waals surface area contributed by atoms with E-state index in [0.29, 0.717) is 23.7 Å². The van der Waals surface area contributed by atoms with Crippen LogP contribution in [0.3, 0.4) is 0 Å². The first-order chi connectivity index (χ1) is 14.8. The molecule has 0 spiro atoms. The van der Waals surface area contributed by atoms with Crippen LogP contribution in [0.1, 0.15) is 48.6 Å².